The molecule has 3 heterocycles. The van der Waals surface area contributed by atoms with Crippen LogP contribution in [0.3, 0.4) is 0 Å². The molecule has 0 aliphatic carbocycles. The van der Waals surface area contributed by atoms with Crippen molar-refractivity contribution in [1.29, 1.82) is 5.41 Å². The van der Waals surface area contributed by atoms with Crippen LogP contribution in [0, 0.1) is 5.41 Å². The van der Waals surface area contributed by atoms with Crippen LogP contribution < -0.4 is 21.1 Å². The zero-order valence-electron chi connectivity index (χ0n) is 21.2. The van der Waals surface area contributed by atoms with E-state index in [1.165, 1.54) is 16.2 Å². The van der Waals surface area contributed by atoms with Gasteiger partial charge in [-0.05, 0) is 31.5 Å². The number of hydrogen-bond donors (Lipinski definition) is 4. The number of amides is 3. The summed E-state index contributed by atoms with van der Waals surface area (Å²) in [7, 11) is 0. The lowest BCUT2D eigenvalue weighted by molar-refractivity contribution is -0.152. The highest BCUT2D eigenvalue weighted by Crippen LogP contribution is 2.35. The van der Waals surface area contributed by atoms with Gasteiger partial charge in [-0.25, -0.2) is 0 Å². The molecule has 2 aliphatic rings. The average molecular weight is 544 g/mol. The van der Waals surface area contributed by atoms with Crippen LogP contribution >= 0.6 is 11.3 Å². The van der Waals surface area contributed by atoms with Gasteiger partial charge in [-0.15, -0.1) is 11.3 Å². The number of amidine groups is 1. The summed E-state index contributed by atoms with van der Waals surface area (Å²) in [6, 6.07) is 9.93. The van der Waals surface area contributed by atoms with Crippen molar-refractivity contribution in [3.63, 3.8) is 0 Å². The van der Waals surface area contributed by atoms with Crippen LogP contribution in [0.15, 0.2) is 41.8 Å². The Morgan fingerprint density at radius 1 is 1.26 bits per heavy atom. The van der Waals surface area contributed by atoms with Crippen LogP contribution in [0.1, 0.15) is 42.7 Å². The first-order valence-electron chi connectivity index (χ1n) is 12.5. The van der Waals surface area contributed by atoms with Gasteiger partial charge in [0.15, 0.2) is 5.79 Å². The summed E-state index contributed by atoms with van der Waals surface area (Å²) in [6.45, 7) is 2.85. The number of hydrogen-bond acceptors (Lipinski definition) is 8. The predicted molar refractivity (Wildman–Crippen MR) is 141 cm³/mol. The van der Waals surface area contributed by atoms with Gasteiger partial charge in [-0.1, -0.05) is 18.2 Å². The quantitative estimate of drug-likeness (QED) is 0.190. The number of nitrogens with zero attached hydrogens (tertiary/aromatic N) is 1. The lowest BCUT2D eigenvalue weighted by Gasteiger charge is -2.25. The van der Waals surface area contributed by atoms with Gasteiger partial charge < -0.3 is 35.5 Å². The molecule has 1 aromatic carbocycles. The normalized spacial score (nSPS) is 18.8. The molecule has 4 rings (SSSR count). The van der Waals surface area contributed by atoms with Crippen LogP contribution in [0.2, 0.25) is 0 Å². The van der Waals surface area contributed by atoms with Crippen LogP contribution in [-0.4, -0.2) is 73.2 Å². The third-order valence-electron chi connectivity index (χ3n) is 6.44. The maximum Gasteiger partial charge on any atom is 0.243 e. The van der Waals surface area contributed by atoms with Gasteiger partial charge in [-0.2, -0.15) is 0 Å². The Labute approximate surface area is 225 Å². The number of carbonyl (C=O) groups is 3. The molecular formula is C26H33N5O6S. The maximum absolute atomic E-state index is 13.3. The standard InChI is InChI=1S/C26H33N5O6S/c1-17(21-12-18(15-38-21)24(27)28)30-25(34)20-13-26(36-10-11-37-26)16-31(20)23(33)14-29-22(32)8-5-9-35-19-6-3-2-4-7-19/h2-4,6-7,12,15,17,20H,5,8-11,13-14,16H2,1H3,(H3,27,28)(H,29,32)(H,30,34). The van der Waals surface area contributed by atoms with E-state index in [-0.39, 0.29) is 49.6 Å². The zero-order chi connectivity index (χ0) is 27.1. The summed E-state index contributed by atoms with van der Waals surface area (Å²) < 4.78 is 17.1. The van der Waals surface area contributed by atoms with E-state index in [1.54, 1.807) is 11.4 Å². The average Bonchev–Trinajstić information content (AvgIpc) is 3.66. The molecule has 2 unspecified atom stereocenters. The number of rotatable bonds is 11. The summed E-state index contributed by atoms with van der Waals surface area (Å²) in [5, 5.41) is 14.9. The second-order valence-electron chi connectivity index (χ2n) is 9.27. The molecule has 0 radical (unpaired) electrons. The molecule has 204 valence electrons. The molecule has 2 atom stereocenters. The minimum absolute atomic E-state index is 0.0400. The summed E-state index contributed by atoms with van der Waals surface area (Å²) in [6.07, 6.45) is 0.909. The molecule has 3 amide bonds. The van der Waals surface area contributed by atoms with Crippen molar-refractivity contribution in [3.05, 3.63) is 52.2 Å². The Balaban J connectivity index is 1.30. The van der Waals surface area contributed by atoms with Crippen molar-refractivity contribution in [2.24, 2.45) is 5.73 Å². The third-order valence-corrected chi connectivity index (χ3v) is 7.56. The zero-order valence-corrected chi connectivity index (χ0v) is 22.1. The monoisotopic (exact) mass is 543 g/mol. The molecule has 5 N–H and O–H groups in total. The Hall–Kier alpha value is -3.48. The van der Waals surface area contributed by atoms with Gasteiger partial charge in [0.1, 0.15) is 17.6 Å². The first kappa shape index (κ1) is 27.6. The molecule has 2 fully saturated rings. The highest BCUT2D eigenvalue weighted by molar-refractivity contribution is 7.10. The highest BCUT2D eigenvalue weighted by atomic mass is 32.1. The lowest BCUT2D eigenvalue weighted by atomic mass is 10.1. The molecule has 2 saturated heterocycles. The minimum Gasteiger partial charge on any atom is -0.494 e. The number of para-hydroxylation sites is 1. The Bertz CT molecular complexity index is 1150. The van der Waals surface area contributed by atoms with E-state index in [4.69, 9.17) is 25.4 Å². The van der Waals surface area contributed by atoms with Crippen LogP contribution in [0.4, 0.5) is 0 Å². The molecule has 0 saturated carbocycles. The molecule has 12 heteroatoms. The molecular weight excluding hydrogens is 510 g/mol. The van der Waals surface area contributed by atoms with E-state index >= 15 is 0 Å². The number of nitrogen functional groups attached to an aromatic ring is 1. The Morgan fingerprint density at radius 3 is 2.68 bits per heavy atom. The number of ether oxygens (including phenoxy) is 3. The molecule has 1 aromatic heterocycles. The Kier molecular flexibility index (Phi) is 8.97. The molecule has 2 aromatic rings. The molecule has 1 spiro atoms. The number of thiophene rings is 1. The van der Waals surface area contributed by atoms with E-state index in [0.29, 0.717) is 31.8 Å². The van der Waals surface area contributed by atoms with E-state index in [1.807, 2.05) is 37.3 Å². The molecule has 11 nitrogen and oxygen atoms in total. The second-order valence-corrected chi connectivity index (χ2v) is 10.2. The fourth-order valence-electron chi connectivity index (χ4n) is 4.45. The van der Waals surface area contributed by atoms with Crippen molar-refractivity contribution < 1.29 is 28.6 Å². The summed E-state index contributed by atoms with van der Waals surface area (Å²) in [5.41, 5.74) is 6.14. The van der Waals surface area contributed by atoms with E-state index in [0.717, 1.165) is 10.6 Å². The summed E-state index contributed by atoms with van der Waals surface area (Å²) >= 11 is 1.39. The first-order chi connectivity index (χ1) is 18.3. The number of nitrogens with two attached hydrogens (primary N) is 1. The van der Waals surface area contributed by atoms with Crippen molar-refractivity contribution in [2.45, 2.75) is 44.1 Å². The highest BCUT2D eigenvalue weighted by Gasteiger charge is 2.52. The van der Waals surface area contributed by atoms with Crippen LogP contribution in [0.25, 0.3) is 0 Å². The third kappa shape index (κ3) is 6.88. The van der Waals surface area contributed by atoms with Gasteiger partial charge in [-0.3, -0.25) is 19.8 Å². The number of carbonyl (C=O) groups excluding carboxylic acids is 3. The van der Waals surface area contributed by atoms with E-state index in [2.05, 4.69) is 10.6 Å². The van der Waals surface area contributed by atoms with Gasteiger partial charge in [0, 0.05) is 28.7 Å². The molecule has 2 aliphatic heterocycles. The van der Waals surface area contributed by atoms with Gasteiger partial charge >= 0.3 is 0 Å². The SMILES string of the molecule is CC(NC(=O)C1CC2(CN1C(=O)CNC(=O)CCCOc1ccccc1)OCCO2)c1cc(C(=N)N)cs1. The second kappa shape index (κ2) is 12.4. The molecule has 0 bridgehead atoms. The summed E-state index contributed by atoms with van der Waals surface area (Å²) in [5.74, 6) is -1.33. The number of nitrogens with one attached hydrogen (secondary N) is 3. The van der Waals surface area contributed by atoms with Gasteiger partial charge in [0.05, 0.1) is 39.0 Å². The van der Waals surface area contributed by atoms with Crippen molar-refractivity contribution >= 4 is 34.9 Å². The maximum atomic E-state index is 13.3. The number of likely N-dealkylation sites (tertiary alicyclic amines) is 1. The van der Waals surface area contributed by atoms with Gasteiger partial charge in [0.2, 0.25) is 17.7 Å². The Morgan fingerprint density at radius 2 is 2.00 bits per heavy atom. The largest absolute Gasteiger partial charge is 0.494 e. The van der Waals surface area contributed by atoms with Crippen molar-refractivity contribution in [3.8, 4) is 5.75 Å². The first-order valence-corrected chi connectivity index (χ1v) is 13.4. The van der Waals surface area contributed by atoms with Crippen LogP contribution in [-0.2, 0) is 23.9 Å². The van der Waals surface area contributed by atoms with Crippen LogP contribution in [0.5, 0.6) is 5.75 Å². The molecule has 38 heavy (non-hydrogen) atoms. The van der Waals surface area contributed by atoms with Gasteiger partial charge in [0.25, 0.3) is 0 Å². The summed E-state index contributed by atoms with van der Waals surface area (Å²) in [4.78, 5) is 40.9. The van der Waals surface area contributed by atoms with E-state index < -0.39 is 17.7 Å². The predicted octanol–water partition coefficient (Wildman–Crippen LogP) is 1.53. The van der Waals surface area contributed by atoms with Crippen molar-refractivity contribution in [1.82, 2.24) is 15.5 Å². The fourth-order valence-corrected chi connectivity index (χ4v) is 5.36. The fraction of sp³-hybridized carbons (Fsp3) is 0.462. The topological polar surface area (TPSA) is 156 Å². The smallest absolute Gasteiger partial charge is 0.243 e. The number of benzene rings is 1. The van der Waals surface area contributed by atoms with Crippen molar-refractivity contribution in [2.75, 3.05) is 32.9 Å². The van der Waals surface area contributed by atoms with E-state index in [9.17, 15) is 14.4 Å². The minimum atomic E-state index is -1.02. The lowest BCUT2D eigenvalue weighted by Crippen LogP contribution is -2.49.